The Morgan fingerprint density at radius 2 is 1.84 bits per heavy atom. The zero-order valence-electron chi connectivity index (χ0n) is 18.3. The van der Waals surface area contributed by atoms with E-state index in [-0.39, 0.29) is 17.4 Å². The first-order valence-corrected chi connectivity index (χ1v) is 10.5. The summed E-state index contributed by atoms with van der Waals surface area (Å²) in [5, 5.41) is 14.9. The molecule has 0 unspecified atom stereocenters. The highest BCUT2D eigenvalue weighted by molar-refractivity contribution is 5.83. The number of pyridine rings is 1. The van der Waals surface area contributed by atoms with Crippen molar-refractivity contribution in [2.45, 2.75) is 63.6 Å². The molecular weight excluding hydrogens is 417 g/mol. The molecule has 1 heterocycles. The van der Waals surface area contributed by atoms with Gasteiger partial charge in [-0.05, 0) is 54.5 Å². The van der Waals surface area contributed by atoms with Crippen LogP contribution in [0.25, 0.3) is 0 Å². The van der Waals surface area contributed by atoms with Crippen molar-refractivity contribution in [3.8, 4) is 6.07 Å². The summed E-state index contributed by atoms with van der Waals surface area (Å²) < 4.78 is 44.9. The molecule has 0 spiro atoms. The number of hydrogen-bond acceptors (Lipinski definition) is 4. The lowest BCUT2D eigenvalue weighted by molar-refractivity contribution is -0.126. The maximum Gasteiger partial charge on any atom is 0.308 e. The van der Waals surface area contributed by atoms with Crippen molar-refractivity contribution in [1.29, 1.82) is 5.26 Å². The smallest absolute Gasteiger partial charge is 0.308 e. The van der Waals surface area contributed by atoms with E-state index < -0.39 is 41.0 Å². The van der Waals surface area contributed by atoms with E-state index in [1.54, 1.807) is 0 Å². The molecule has 1 fully saturated rings. The number of aromatic nitrogens is 1. The Balaban J connectivity index is 1.98. The first-order chi connectivity index (χ1) is 15.0. The number of alkyl halides is 2. The van der Waals surface area contributed by atoms with Crippen molar-refractivity contribution in [2.24, 2.45) is 5.41 Å². The molecule has 0 saturated heterocycles. The fraction of sp³-hybridized carbons (Fsp3) is 0.458. The van der Waals surface area contributed by atoms with Crippen LogP contribution in [0, 0.1) is 22.6 Å². The van der Waals surface area contributed by atoms with Gasteiger partial charge in [0.25, 0.3) is 0 Å². The number of nitrogens with zero attached hydrogens (tertiary/aromatic N) is 2. The number of amides is 1. The van der Waals surface area contributed by atoms with Crippen LogP contribution in [-0.4, -0.2) is 22.5 Å². The van der Waals surface area contributed by atoms with Crippen molar-refractivity contribution < 1.29 is 18.0 Å². The van der Waals surface area contributed by atoms with E-state index in [9.17, 15) is 14.4 Å². The van der Waals surface area contributed by atoms with Gasteiger partial charge in [-0.15, -0.1) is 0 Å². The molecule has 0 bridgehead atoms. The molecule has 5 nitrogen and oxygen atoms in total. The SMILES string of the molecule is CC(C)(C)C[C@H](N[C@@H](c1ccc(F)cc1)C(F)(F)c1ccccn1)C(=O)NC1(C#N)CC1. The first-order valence-electron chi connectivity index (χ1n) is 10.5. The number of nitriles is 1. The minimum Gasteiger partial charge on any atom is -0.336 e. The molecule has 170 valence electrons. The third kappa shape index (κ3) is 5.65. The van der Waals surface area contributed by atoms with E-state index >= 15 is 8.78 Å². The topological polar surface area (TPSA) is 77.8 Å². The number of benzene rings is 1. The fourth-order valence-corrected chi connectivity index (χ4v) is 3.53. The summed E-state index contributed by atoms with van der Waals surface area (Å²) in [6, 6.07) is 8.39. The van der Waals surface area contributed by atoms with Crippen LogP contribution in [-0.2, 0) is 10.7 Å². The number of nitrogens with one attached hydrogen (secondary N) is 2. The van der Waals surface area contributed by atoms with E-state index in [4.69, 9.17) is 0 Å². The summed E-state index contributed by atoms with van der Waals surface area (Å²) in [5.74, 6) is -4.56. The molecule has 2 atom stereocenters. The van der Waals surface area contributed by atoms with Gasteiger partial charge in [-0.1, -0.05) is 39.0 Å². The van der Waals surface area contributed by atoms with Crippen LogP contribution < -0.4 is 10.6 Å². The predicted molar refractivity (Wildman–Crippen MR) is 114 cm³/mol. The van der Waals surface area contributed by atoms with Crippen molar-refractivity contribution in [3.05, 3.63) is 65.7 Å². The van der Waals surface area contributed by atoms with Gasteiger partial charge in [0, 0.05) is 6.20 Å². The van der Waals surface area contributed by atoms with E-state index in [0.717, 1.165) is 12.1 Å². The van der Waals surface area contributed by atoms with E-state index in [0.29, 0.717) is 12.8 Å². The minimum atomic E-state index is -3.50. The van der Waals surface area contributed by atoms with Crippen molar-refractivity contribution in [1.82, 2.24) is 15.6 Å². The molecule has 1 saturated carbocycles. The van der Waals surface area contributed by atoms with Gasteiger partial charge in [-0.2, -0.15) is 14.0 Å². The molecule has 2 aromatic rings. The second kappa shape index (κ2) is 8.91. The highest BCUT2D eigenvalue weighted by Crippen LogP contribution is 2.41. The normalized spacial score (nSPS) is 17.2. The van der Waals surface area contributed by atoms with Crippen LogP contribution in [0.4, 0.5) is 13.2 Å². The molecule has 32 heavy (non-hydrogen) atoms. The molecule has 1 aliphatic carbocycles. The Kier molecular flexibility index (Phi) is 6.61. The van der Waals surface area contributed by atoms with Gasteiger partial charge in [-0.25, -0.2) is 4.39 Å². The van der Waals surface area contributed by atoms with Gasteiger partial charge >= 0.3 is 5.92 Å². The lowest BCUT2D eigenvalue weighted by atomic mass is 9.86. The van der Waals surface area contributed by atoms with Crippen LogP contribution in [0.15, 0.2) is 48.7 Å². The molecule has 2 N–H and O–H groups in total. The van der Waals surface area contributed by atoms with Gasteiger partial charge in [0.05, 0.1) is 12.1 Å². The molecule has 0 radical (unpaired) electrons. The lowest BCUT2D eigenvalue weighted by Gasteiger charge is -2.34. The maximum absolute atomic E-state index is 15.7. The number of carbonyl (C=O) groups excluding carboxylic acids is 1. The zero-order chi connectivity index (χ0) is 23.6. The highest BCUT2D eigenvalue weighted by Gasteiger charge is 2.48. The Bertz CT molecular complexity index is 977. The third-order valence-corrected chi connectivity index (χ3v) is 5.40. The predicted octanol–water partition coefficient (Wildman–Crippen LogP) is 4.62. The van der Waals surface area contributed by atoms with Gasteiger partial charge in [0.1, 0.15) is 23.1 Å². The Hall–Kier alpha value is -2.92. The summed E-state index contributed by atoms with van der Waals surface area (Å²) in [4.78, 5) is 16.9. The van der Waals surface area contributed by atoms with E-state index in [1.807, 2.05) is 20.8 Å². The molecular formula is C24H27F3N4O. The number of hydrogen-bond donors (Lipinski definition) is 2. The van der Waals surface area contributed by atoms with Gasteiger partial charge in [-0.3, -0.25) is 15.1 Å². The van der Waals surface area contributed by atoms with Crippen molar-refractivity contribution in [2.75, 3.05) is 0 Å². The molecule has 1 amide bonds. The van der Waals surface area contributed by atoms with Crippen LogP contribution in [0.3, 0.4) is 0 Å². The first kappa shape index (κ1) is 23.7. The minimum absolute atomic E-state index is 0.121. The second-order valence-electron chi connectivity index (χ2n) is 9.49. The standard InChI is InChI=1S/C24H27F3N4O/c1-22(2,3)14-18(21(32)31-23(15-28)11-12-23)30-20(16-7-9-17(25)10-8-16)24(26,27)19-6-4-5-13-29-19/h4-10,13,18,20,30H,11-12,14H2,1-3H3,(H,31,32)/t18-,20-/m0/s1. The quantitative estimate of drug-likeness (QED) is 0.623. The van der Waals surface area contributed by atoms with Gasteiger partial charge in [0.15, 0.2) is 0 Å². The van der Waals surface area contributed by atoms with Gasteiger partial charge < -0.3 is 5.32 Å². The van der Waals surface area contributed by atoms with E-state index in [1.165, 1.54) is 36.5 Å². The van der Waals surface area contributed by atoms with Crippen LogP contribution in [0.1, 0.15) is 57.3 Å². The summed E-state index contributed by atoms with van der Waals surface area (Å²) in [7, 11) is 0. The summed E-state index contributed by atoms with van der Waals surface area (Å²) >= 11 is 0. The van der Waals surface area contributed by atoms with Crippen molar-refractivity contribution in [3.63, 3.8) is 0 Å². The molecule has 1 aliphatic rings. The van der Waals surface area contributed by atoms with E-state index in [2.05, 4.69) is 21.7 Å². The summed E-state index contributed by atoms with van der Waals surface area (Å²) in [6.07, 6.45) is 2.58. The Morgan fingerprint density at radius 3 is 2.34 bits per heavy atom. The number of halogens is 3. The number of rotatable bonds is 8. The molecule has 8 heteroatoms. The zero-order valence-corrected chi connectivity index (χ0v) is 18.3. The average Bonchev–Trinajstić information content (AvgIpc) is 3.51. The largest absolute Gasteiger partial charge is 0.336 e. The monoisotopic (exact) mass is 444 g/mol. The van der Waals surface area contributed by atoms with Gasteiger partial charge in [0.2, 0.25) is 5.91 Å². The van der Waals surface area contributed by atoms with Crippen molar-refractivity contribution >= 4 is 5.91 Å². The molecule has 1 aromatic heterocycles. The lowest BCUT2D eigenvalue weighted by Crippen LogP contribution is -2.53. The molecule has 3 rings (SSSR count). The Labute approximate surface area is 186 Å². The molecule has 1 aromatic carbocycles. The number of carbonyl (C=O) groups is 1. The fourth-order valence-electron chi connectivity index (χ4n) is 3.53. The highest BCUT2D eigenvalue weighted by atomic mass is 19.3. The van der Waals surface area contributed by atoms with Crippen LogP contribution in [0.5, 0.6) is 0 Å². The third-order valence-electron chi connectivity index (χ3n) is 5.40. The summed E-state index contributed by atoms with van der Waals surface area (Å²) in [5.41, 5.74) is -1.64. The Morgan fingerprint density at radius 1 is 1.19 bits per heavy atom. The summed E-state index contributed by atoms with van der Waals surface area (Å²) in [6.45, 7) is 5.70. The van der Waals surface area contributed by atoms with Crippen LogP contribution in [0.2, 0.25) is 0 Å². The second-order valence-corrected chi connectivity index (χ2v) is 9.49. The maximum atomic E-state index is 15.7. The van der Waals surface area contributed by atoms with Crippen LogP contribution >= 0.6 is 0 Å². The average molecular weight is 445 g/mol. The molecule has 0 aliphatic heterocycles.